The summed E-state index contributed by atoms with van der Waals surface area (Å²) in [4.78, 5) is 3.93. The number of nitrogens with zero attached hydrogens (tertiary/aromatic N) is 3. The summed E-state index contributed by atoms with van der Waals surface area (Å²) in [6.45, 7) is 0.107. The molecule has 1 saturated heterocycles. The average Bonchev–Trinajstić information content (AvgIpc) is 3.35. The van der Waals surface area contributed by atoms with Crippen molar-refractivity contribution in [3.8, 4) is 0 Å². The molecule has 0 radical (unpaired) electrons. The highest BCUT2D eigenvalue weighted by Gasteiger charge is 2.41. The summed E-state index contributed by atoms with van der Waals surface area (Å²) in [6.07, 6.45) is -1.83. The third kappa shape index (κ3) is 4.85. The van der Waals surface area contributed by atoms with Gasteiger partial charge in [-0.1, -0.05) is 23.7 Å². The molecule has 1 aromatic heterocycles. The van der Waals surface area contributed by atoms with Crippen molar-refractivity contribution in [1.82, 2.24) is 13.9 Å². The van der Waals surface area contributed by atoms with E-state index in [9.17, 15) is 26.0 Å². The number of alkyl halides is 3. The van der Waals surface area contributed by atoms with E-state index in [0.717, 1.165) is 12.1 Å². The number of nitrogens with one attached hydrogen (secondary N) is 1. The van der Waals surface area contributed by atoms with E-state index in [1.165, 1.54) is 39.6 Å². The first-order chi connectivity index (χ1) is 15.4. The number of imidazole rings is 1. The van der Waals surface area contributed by atoms with E-state index in [1.54, 1.807) is 19.2 Å². The Morgan fingerprint density at radius 3 is 2.39 bits per heavy atom. The molecule has 0 amide bonds. The molecule has 1 N–H and O–H groups in total. The number of halogens is 5. The second kappa shape index (κ2) is 8.62. The number of hydrogen-bond acceptors (Lipinski definition) is 4. The van der Waals surface area contributed by atoms with E-state index in [2.05, 4.69) is 10.3 Å². The lowest BCUT2D eigenvalue weighted by Crippen LogP contribution is -2.32. The van der Waals surface area contributed by atoms with Gasteiger partial charge in [0.05, 0.1) is 16.9 Å². The number of anilines is 1. The Kier molecular flexibility index (Phi) is 6.14. The first-order valence-electron chi connectivity index (χ1n) is 9.82. The lowest BCUT2D eigenvalue weighted by Gasteiger charge is -2.22. The van der Waals surface area contributed by atoms with Crippen molar-refractivity contribution >= 4 is 27.3 Å². The van der Waals surface area contributed by atoms with E-state index < -0.39 is 44.6 Å². The Morgan fingerprint density at radius 1 is 1.12 bits per heavy atom. The number of aromatic nitrogens is 2. The molecule has 176 valence electrons. The minimum atomic E-state index is -4.59. The van der Waals surface area contributed by atoms with Crippen LogP contribution in [-0.4, -0.2) is 41.4 Å². The van der Waals surface area contributed by atoms with E-state index in [4.69, 9.17) is 11.6 Å². The largest absolute Gasteiger partial charge is 0.417 e. The minimum absolute atomic E-state index is 0.0274. The van der Waals surface area contributed by atoms with E-state index in [0.29, 0.717) is 11.3 Å². The maximum atomic E-state index is 13.4. The molecular weight excluding hydrogens is 484 g/mol. The van der Waals surface area contributed by atoms with Crippen LogP contribution < -0.4 is 5.32 Å². The van der Waals surface area contributed by atoms with E-state index in [-0.39, 0.29) is 18.1 Å². The van der Waals surface area contributed by atoms with Crippen LogP contribution >= 0.6 is 11.6 Å². The van der Waals surface area contributed by atoms with Gasteiger partial charge in [0.1, 0.15) is 5.82 Å². The normalized spacial score (nSPS) is 19.7. The van der Waals surface area contributed by atoms with Gasteiger partial charge in [0.25, 0.3) is 10.0 Å². The van der Waals surface area contributed by atoms with Crippen LogP contribution in [0.5, 0.6) is 0 Å². The smallest absolute Gasteiger partial charge is 0.380 e. The zero-order valence-corrected chi connectivity index (χ0v) is 18.8. The summed E-state index contributed by atoms with van der Waals surface area (Å²) in [7, 11) is -2.27. The maximum absolute atomic E-state index is 13.4. The third-order valence-electron chi connectivity index (χ3n) is 5.50. The fourth-order valence-electron chi connectivity index (χ4n) is 3.86. The van der Waals surface area contributed by atoms with Crippen molar-refractivity contribution in [2.24, 2.45) is 7.05 Å². The molecule has 0 spiro atoms. The molecule has 1 aliphatic heterocycles. The van der Waals surface area contributed by atoms with Gasteiger partial charge in [-0.05, 0) is 35.9 Å². The zero-order valence-electron chi connectivity index (χ0n) is 17.2. The summed E-state index contributed by atoms with van der Waals surface area (Å²) >= 11 is 5.84. The van der Waals surface area contributed by atoms with Gasteiger partial charge in [-0.25, -0.2) is 17.8 Å². The number of hydrogen-bond donors (Lipinski definition) is 1. The Balaban J connectivity index is 1.65. The van der Waals surface area contributed by atoms with Crippen molar-refractivity contribution in [2.45, 2.75) is 23.2 Å². The summed E-state index contributed by atoms with van der Waals surface area (Å²) in [5.41, 5.74) is 0.0309. The van der Waals surface area contributed by atoms with Crippen molar-refractivity contribution in [3.63, 3.8) is 0 Å². The van der Waals surface area contributed by atoms with Gasteiger partial charge in [0, 0.05) is 44.0 Å². The molecule has 1 fully saturated rings. The van der Waals surface area contributed by atoms with Gasteiger partial charge in [-0.3, -0.25) is 0 Å². The minimum Gasteiger partial charge on any atom is -0.380 e. The molecule has 2 aromatic carbocycles. The van der Waals surface area contributed by atoms with E-state index >= 15 is 0 Å². The summed E-state index contributed by atoms with van der Waals surface area (Å²) < 4.78 is 81.5. The molecular formula is C21H19ClF4N4O2S. The SMILES string of the molecule is Cn1cnc(S(=O)(=O)N2CC(Nc3ccc(C(F)(F)F)c(Cl)c3)C(c3ccc(F)cc3)C2)c1. The Bertz CT molecular complexity index is 1260. The molecule has 12 heteroatoms. The van der Waals surface area contributed by atoms with Crippen LogP contribution in [-0.2, 0) is 23.2 Å². The zero-order chi connectivity index (χ0) is 24.0. The van der Waals surface area contributed by atoms with Crippen molar-refractivity contribution in [1.29, 1.82) is 0 Å². The van der Waals surface area contributed by atoms with Gasteiger partial charge in [0.2, 0.25) is 0 Å². The number of sulfonamides is 1. The number of rotatable bonds is 5. The number of benzene rings is 2. The molecule has 6 nitrogen and oxygen atoms in total. The highest BCUT2D eigenvalue weighted by atomic mass is 35.5. The van der Waals surface area contributed by atoms with Crippen molar-refractivity contribution < 1.29 is 26.0 Å². The van der Waals surface area contributed by atoms with Gasteiger partial charge in [0.15, 0.2) is 5.03 Å². The highest BCUT2D eigenvalue weighted by Crippen LogP contribution is 2.37. The molecule has 2 atom stereocenters. The third-order valence-corrected chi connectivity index (χ3v) is 7.53. The molecule has 0 bridgehead atoms. The first-order valence-corrected chi connectivity index (χ1v) is 11.6. The van der Waals surface area contributed by atoms with Crippen LogP contribution in [0.2, 0.25) is 5.02 Å². The lowest BCUT2D eigenvalue weighted by molar-refractivity contribution is -0.137. The molecule has 0 aliphatic carbocycles. The van der Waals surface area contributed by atoms with Gasteiger partial charge >= 0.3 is 6.18 Å². The Labute approximate surface area is 192 Å². The van der Waals surface area contributed by atoms with Gasteiger partial charge in [-0.2, -0.15) is 17.5 Å². The fraction of sp³-hybridized carbons (Fsp3) is 0.286. The van der Waals surface area contributed by atoms with Crippen molar-refractivity contribution in [2.75, 3.05) is 18.4 Å². The standard InChI is InChI=1S/C21H19ClF4N4O2S/c1-29-11-20(27-12-29)33(31,32)30-9-16(13-2-4-14(23)5-3-13)19(10-30)28-15-6-7-17(18(22)8-15)21(24,25)26/h2-8,11-12,16,19,28H,9-10H2,1H3. The second-order valence-electron chi connectivity index (χ2n) is 7.80. The second-order valence-corrected chi connectivity index (χ2v) is 10.1. The average molecular weight is 503 g/mol. The topological polar surface area (TPSA) is 67.2 Å². The molecule has 4 rings (SSSR count). The molecule has 2 heterocycles. The fourth-order valence-corrected chi connectivity index (χ4v) is 5.61. The first kappa shape index (κ1) is 23.5. The number of aryl methyl sites for hydroxylation is 1. The monoisotopic (exact) mass is 502 g/mol. The molecule has 0 saturated carbocycles. The summed E-state index contributed by atoms with van der Waals surface area (Å²) in [6, 6.07) is 8.43. The van der Waals surface area contributed by atoms with Gasteiger partial charge in [-0.15, -0.1) is 0 Å². The van der Waals surface area contributed by atoms with Crippen LogP contribution in [0, 0.1) is 5.82 Å². The maximum Gasteiger partial charge on any atom is 0.417 e. The summed E-state index contributed by atoms with van der Waals surface area (Å²) in [5, 5.41) is 2.52. The van der Waals surface area contributed by atoms with Crippen LogP contribution in [0.25, 0.3) is 0 Å². The summed E-state index contributed by atoms with van der Waals surface area (Å²) in [5.74, 6) is -0.834. The molecule has 33 heavy (non-hydrogen) atoms. The van der Waals surface area contributed by atoms with Crippen molar-refractivity contribution in [3.05, 3.63) is 77.0 Å². The Morgan fingerprint density at radius 2 is 1.82 bits per heavy atom. The predicted octanol–water partition coefficient (Wildman–Crippen LogP) is 4.50. The van der Waals surface area contributed by atoms with Crippen LogP contribution in [0.3, 0.4) is 0 Å². The Hall–Kier alpha value is -2.63. The van der Waals surface area contributed by atoms with E-state index in [1.807, 2.05) is 0 Å². The highest BCUT2D eigenvalue weighted by molar-refractivity contribution is 7.89. The van der Waals surface area contributed by atoms with Crippen LogP contribution in [0.4, 0.5) is 23.2 Å². The van der Waals surface area contributed by atoms with Crippen LogP contribution in [0.15, 0.2) is 60.0 Å². The lowest BCUT2D eigenvalue weighted by atomic mass is 9.94. The van der Waals surface area contributed by atoms with Crippen LogP contribution in [0.1, 0.15) is 17.0 Å². The van der Waals surface area contributed by atoms with Gasteiger partial charge < -0.3 is 9.88 Å². The predicted molar refractivity (Wildman–Crippen MR) is 115 cm³/mol. The molecule has 3 aromatic rings. The quantitative estimate of drug-likeness (QED) is 0.522. The molecule has 1 aliphatic rings. The molecule has 2 unspecified atom stereocenters.